The van der Waals surface area contributed by atoms with Crippen LogP contribution in [0.5, 0.6) is 0 Å². The van der Waals surface area contributed by atoms with Gasteiger partial charge in [-0.25, -0.2) is 0 Å². The van der Waals surface area contributed by atoms with Crippen LogP contribution in [0.2, 0.25) is 0 Å². The molecule has 0 atom stereocenters. The summed E-state index contributed by atoms with van der Waals surface area (Å²) in [5.74, 6) is 0.833. The maximum Gasteiger partial charge on any atom is -0.0181 e. The second kappa shape index (κ2) is 5.55. The molecule has 0 aliphatic rings. The van der Waals surface area contributed by atoms with Crippen molar-refractivity contribution in [1.29, 1.82) is 0 Å². The molecule has 0 saturated carbocycles. The fourth-order valence-electron chi connectivity index (χ4n) is 1.31. The van der Waals surface area contributed by atoms with Crippen LogP contribution in [-0.2, 0) is 0 Å². The Morgan fingerprint density at radius 3 is 1.93 bits per heavy atom. The third-order valence-corrected chi connectivity index (χ3v) is 1.90. The predicted molar refractivity (Wildman–Crippen MR) is 69.2 cm³/mol. The number of hydrogen-bond acceptors (Lipinski definition) is 0. The Balaban J connectivity index is 0.000000245. The molecule has 0 radical (unpaired) electrons. The van der Waals surface area contributed by atoms with Gasteiger partial charge >= 0.3 is 0 Å². The number of hydrogen-bond donors (Lipinski definition) is 0. The van der Waals surface area contributed by atoms with Gasteiger partial charge in [0.1, 0.15) is 0 Å². The summed E-state index contributed by atoms with van der Waals surface area (Å²) in [6.07, 6.45) is 0. The van der Waals surface area contributed by atoms with Crippen molar-refractivity contribution in [1.82, 2.24) is 0 Å². The first kappa shape index (κ1) is 11.8. The van der Waals surface area contributed by atoms with Crippen molar-refractivity contribution in [2.24, 2.45) is 5.92 Å². The molecule has 0 nitrogen and oxygen atoms in total. The predicted octanol–water partition coefficient (Wildman–Crippen LogP) is 4.81. The van der Waals surface area contributed by atoms with E-state index in [1.165, 1.54) is 16.3 Å². The van der Waals surface area contributed by atoms with Crippen molar-refractivity contribution < 1.29 is 0 Å². The van der Waals surface area contributed by atoms with Gasteiger partial charge in [-0.05, 0) is 23.6 Å². The fourth-order valence-corrected chi connectivity index (χ4v) is 1.31. The van der Waals surface area contributed by atoms with Crippen LogP contribution >= 0.6 is 0 Å². The molecule has 2 aromatic carbocycles. The Morgan fingerprint density at radius 2 is 1.33 bits per heavy atom. The first-order chi connectivity index (χ1) is 7.09. The minimum Gasteiger partial charge on any atom is -0.0630 e. The van der Waals surface area contributed by atoms with Crippen LogP contribution in [-0.4, -0.2) is 0 Å². The Labute approximate surface area is 92.9 Å². The average Bonchev–Trinajstić information content (AvgIpc) is 2.16. The zero-order valence-corrected chi connectivity index (χ0v) is 10.1. The van der Waals surface area contributed by atoms with E-state index in [2.05, 4.69) is 70.2 Å². The molecule has 0 N–H and O–H groups in total. The summed E-state index contributed by atoms with van der Waals surface area (Å²) in [5.41, 5.74) is 1.32. The summed E-state index contributed by atoms with van der Waals surface area (Å²) < 4.78 is 0. The van der Waals surface area contributed by atoms with E-state index >= 15 is 0 Å². The summed E-state index contributed by atoms with van der Waals surface area (Å²) in [4.78, 5) is 0. The summed E-state index contributed by atoms with van der Waals surface area (Å²) >= 11 is 0. The van der Waals surface area contributed by atoms with E-state index in [1.54, 1.807) is 0 Å². The number of benzene rings is 2. The number of fused-ring (bicyclic) bond motifs is 1. The van der Waals surface area contributed by atoms with Crippen molar-refractivity contribution in [3.63, 3.8) is 0 Å². The van der Waals surface area contributed by atoms with E-state index in [0.717, 1.165) is 5.92 Å². The highest BCUT2D eigenvalue weighted by molar-refractivity contribution is 5.82. The van der Waals surface area contributed by atoms with Crippen molar-refractivity contribution in [3.05, 3.63) is 48.0 Å². The van der Waals surface area contributed by atoms with Gasteiger partial charge in [0.05, 0.1) is 0 Å². The first-order valence-corrected chi connectivity index (χ1v) is 5.55. The van der Waals surface area contributed by atoms with Crippen LogP contribution in [0.3, 0.4) is 0 Å². The Kier molecular flexibility index (Phi) is 4.36. The molecule has 0 aliphatic carbocycles. The molecule has 0 spiro atoms. The molecule has 0 fully saturated rings. The lowest BCUT2D eigenvalue weighted by Gasteiger charge is -1.96. The largest absolute Gasteiger partial charge is 0.0630 e. The molecular formula is C15H20. The molecule has 0 saturated heterocycles. The van der Waals surface area contributed by atoms with E-state index in [4.69, 9.17) is 0 Å². The summed E-state index contributed by atoms with van der Waals surface area (Å²) in [6, 6.07) is 14.9. The van der Waals surface area contributed by atoms with Gasteiger partial charge in [-0.2, -0.15) is 0 Å². The van der Waals surface area contributed by atoms with Gasteiger partial charge in [-0.15, -0.1) is 0 Å². The van der Waals surface area contributed by atoms with Crippen LogP contribution in [0.15, 0.2) is 42.5 Å². The number of rotatable bonds is 0. The molecule has 80 valence electrons. The van der Waals surface area contributed by atoms with E-state index in [-0.39, 0.29) is 0 Å². The van der Waals surface area contributed by atoms with Crippen LogP contribution in [0, 0.1) is 12.8 Å². The Bertz CT molecular complexity index is 410. The van der Waals surface area contributed by atoms with Crippen LogP contribution in [0.1, 0.15) is 26.3 Å². The first-order valence-electron chi connectivity index (χ1n) is 5.55. The van der Waals surface area contributed by atoms with Crippen molar-refractivity contribution in [2.45, 2.75) is 27.7 Å². The molecule has 0 amide bonds. The third-order valence-electron chi connectivity index (χ3n) is 1.90. The molecule has 0 heteroatoms. The third kappa shape index (κ3) is 4.16. The van der Waals surface area contributed by atoms with Crippen LogP contribution in [0.4, 0.5) is 0 Å². The van der Waals surface area contributed by atoms with E-state index in [0.29, 0.717) is 0 Å². The van der Waals surface area contributed by atoms with Gasteiger partial charge < -0.3 is 0 Å². The second-order valence-electron chi connectivity index (χ2n) is 4.58. The lowest BCUT2D eigenvalue weighted by molar-refractivity contribution is 0.737. The zero-order chi connectivity index (χ0) is 11.3. The normalized spacial score (nSPS) is 9.93. The molecular weight excluding hydrogens is 180 g/mol. The van der Waals surface area contributed by atoms with E-state index in [1.807, 2.05) is 0 Å². The molecule has 0 unspecified atom stereocenters. The second-order valence-corrected chi connectivity index (χ2v) is 4.58. The zero-order valence-electron chi connectivity index (χ0n) is 10.1. The molecule has 0 heterocycles. The molecule has 0 bridgehead atoms. The monoisotopic (exact) mass is 200 g/mol. The van der Waals surface area contributed by atoms with E-state index in [9.17, 15) is 0 Å². The van der Waals surface area contributed by atoms with Crippen molar-refractivity contribution in [2.75, 3.05) is 0 Å². The lowest BCUT2D eigenvalue weighted by atomic mass is 10.1. The maximum absolute atomic E-state index is 2.20. The smallest absolute Gasteiger partial charge is 0.0181 e. The van der Waals surface area contributed by atoms with Crippen LogP contribution < -0.4 is 0 Å². The number of aryl methyl sites for hydroxylation is 1. The standard InChI is InChI=1S/C11H10.C4H10/c1-9-6-7-10-4-2-3-5-11(10)8-9;1-4(2)3/h2-8H,1H3;4H,1-3H3. The molecule has 2 aromatic rings. The highest BCUT2D eigenvalue weighted by Gasteiger charge is 1.89. The Morgan fingerprint density at radius 1 is 0.800 bits per heavy atom. The Hall–Kier alpha value is -1.30. The van der Waals surface area contributed by atoms with Gasteiger partial charge in [0.2, 0.25) is 0 Å². The maximum atomic E-state index is 2.20. The summed E-state index contributed by atoms with van der Waals surface area (Å²) in [5, 5.41) is 2.64. The molecule has 0 aromatic heterocycles. The SMILES string of the molecule is CC(C)C.Cc1ccc2ccccc2c1. The topological polar surface area (TPSA) is 0 Å². The summed E-state index contributed by atoms with van der Waals surface area (Å²) in [7, 11) is 0. The summed E-state index contributed by atoms with van der Waals surface area (Å²) in [6.45, 7) is 8.62. The molecule has 2 rings (SSSR count). The highest BCUT2D eigenvalue weighted by Crippen LogP contribution is 2.14. The van der Waals surface area contributed by atoms with Gasteiger partial charge in [0.15, 0.2) is 0 Å². The van der Waals surface area contributed by atoms with Crippen LogP contribution in [0.25, 0.3) is 10.8 Å². The minimum absolute atomic E-state index is 0.833. The van der Waals surface area contributed by atoms with Gasteiger partial charge in [-0.3, -0.25) is 0 Å². The van der Waals surface area contributed by atoms with Crippen molar-refractivity contribution in [3.8, 4) is 0 Å². The lowest BCUT2D eigenvalue weighted by Crippen LogP contribution is -1.73. The van der Waals surface area contributed by atoms with Gasteiger partial charge in [0.25, 0.3) is 0 Å². The minimum atomic E-state index is 0.833. The quantitative estimate of drug-likeness (QED) is 0.572. The fraction of sp³-hybridized carbons (Fsp3) is 0.333. The van der Waals surface area contributed by atoms with E-state index < -0.39 is 0 Å². The van der Waals surface area contributed by atoms with Crippen molar-refractivity contribution >= 4 is 10.8 Å². The van der Waals surface area contributed by atoms with Gasteiger partial charge in [0, 0.05) is 0 Å². The average molecular weight is 200 g/mol. The highest BCUT2D eigenvalue weighted by atomic mass is 13.9. The molecule has 15 heavy (non-hydrogen) atoms. The van der Waals surface area contributed by atoms with Gasteiger partial charge in [-0.1, -0.05) is 68.8 Å². The molecule has 0 aliphatic heterocycles.